The molecule has 0 unspecified atom stereocenters. The summed E-state index contributed by atoms with van der Waals surface area (Å²) < 4.78 is 0. The number of hydrogen-bond donors (Lipinski definition) is 1. The van der Waals surface area contributed by atoms with E-state index in [0.717, 1.165) is 17.7 Å². The number of rotatable bonds is 1. The molecule has 0 bridgehead atoms. The van der Waals surface area contributed by atoms with Crippen LogP contribution in [0.3, 0.4) is 0 Å². The second kappa shape index (κ2) is 3.18. The molecule has 3 heteroatoms. The maximum Gasteiger partial charge on any atom is 0.250 e. The van der Waals surface area contributed by atoms with Crippen molar-refractivity contribution in [1.29, 1.82) is 0 Å². The zero-order chi connectivity index (χ0) is 10.1. The molecular weight excluding hydrogens is 176 g/mol. The number of benzene rings is 1. The molecule has 0 fully saturated rings. The Morgan fingerprint density at radius 2 is 2.14 bits per heavy atom. The molecule has 0 atom stereocenters. The van der Waals surface area contributed by atoms with Crippen LogP contribution < -0.4 is 5.73 Å². The lowest BCUT2D eigenvalue weighted by Crippen LogP contribution is -2.23. The van der Waals surface area contributed by atoms with Gasteiger partial charge in [-0.05, 0) is 11.1 Å². The standard InChI is InChI=1S/C11H12N2O/c1-13-6-8-4-2-3-5-9(8)10(7-13)11(12)14/h2-5,7H,6H2,1H3,(H2,12,14). The van der Waals surface area contributed by atoms with E-state index in [1.807, 2.05) is 36.2 Å². The highest BCUT2D eigenvalue weighted by Crippen LogP contribution is 2.25. The predicted octanol–water partition coefficient (Wildman–Crippen LogP) is 0.958. The quantitative estimate of drug-likeness (QED) is 0.713. The smallest absolute Gasteiger partial charge is 0.250 e. The molecule has 1 aromatic carbocycles. The molecule has 0 saturated carbocycles. The van der Waals surface area contributed by atoms with Gasteiger partial charge in [-0.15, -0.1) is 0 Å². The van der Waals surface area contributed by atoms with Gasteiger partial charge in [-0.1, -0.05) is 24.3 Å². The average Bonchev–Trinajstić information content (AvgIpc) is 2.16. The summed E-state index contributed by atoms with van der Waals surface area (Å²) in [6.07, 6.45) is 1.80. The van der Waals surface area contributed by atoms with Crippen LogP contribution in [0.1, 0.15) is 11.1 Å². The highest BCUT2D eigenvalue weighted by atomic mass is 16.1. The summed E-state index contributed by atoms with van der Waals surface area (Å²) in [6, 6.07) is 7.83. The number of primary amides is 1. The maximum atomic E-state index is 11.2. The fraction of sp³-hybridized carbons (Fsp3) is 0.182. The van der Waals surface area contributed by atoms with E-state index in [9.17, 15) is 4.79 Å². The van der Waals surface area contributed by atoms with Crippen LogP contribution >= 0.6 is 0 Å². The molecule has 3 nitrogen and oxygen atoms in total. The Hall–Kier alpha value is -1.77. The summed E-state index contributed by atoms with van der Waals surface area (Å²) in [5, 5.41) is 0. The first-order valence-corrected chi connectivity index (χ1v) is 4.48. The summed E-state index contributed by atoms with van der Waals surface area (Å²) in [5.41, 5.74) is 8.00. The molecule has 1 amide bonds. The minimum Gasteiger partial charge on any atom is -0.375 e. The van der Waals surface area contributed by atoms with E-state index in [1.165, 1.54) is 0 Å². The van der Waals surface area contributed by atoms with Crippen LogP contribution in [0.4, 0.5) is 0 Å². The van der Waals surface area contributed by atoms with Crippen molar-refractivity contribution < 1.29 is 4.79 Å². The van der Waals surface area contributed by atoms with Gasteiger partial charge in [-0.2, -0.15) is 0 Å². The van der Waals surface area contributed by atoms with Crippen LogP contribution in [0.25, 0.3) is 5.57 Å². The molecule has 2 rings (SSSR count). The first-order valence-electron chi connectivity index (χ1n) is 4.48. The third-order valence-electron chi connectivity index (χ3n) is 2.34. The van der Waals surface area contributed by atoms with Gasteiger partial charge in [-0.25, -0.2) is 0 Å². The van der Waals surface area contributed by atoms with Crippen LogP contribution in [0, 0.1) is 0 Å². The second-order valence-electron chi connectivity index (χ2n) is 3.48. The lowest BCUT2D eigenvalue weighted by molar-refractivity contribution is -0.112. The predicted molar refractivity (Wildman–Crippen MR) is 55.1 cm³/mol. The molecule has 0 spiro atoms. The number of hydrogen-bond acceptors (Lipinski definition) is 2. The number of carbonyl (C=O) groups is 1. The Balaban J connectivity index is 2.55. The Morgan fingerprint density at radius 1 is 1.43 bits per heavy atom. The summed E-state index contributed by atoms with van der Waals surface area (Å²) >= 11 is 0. The molecule has 0 aliphatic carbocycles. The topological polar surface area (TPSA) is 46.3 Å². The van der Waals surface area contributed by atoms with Crippen molar-refractivity contribution in [2.24, 2.45) is 5.73 Å². The van der Waals surface area contributed by atoms with Crippen LogP contribution in [0.15, 0.2) is 30.5 Å². The van der Waals surface area contributed by atoms with Crippen LogP contribution in [-0.2, 0) is 11.3 Å². The van der Waals surface area contributed by atoms with Crippen LogP contribution in [0.2, 0.25) is 0 Å². The van der Waals surface area contributed by atoms with E-state index in [0.29, 0.717) is 5.57 Å². The van der Waals surface area contributed by atoms with Crippen molar-refractivity contribution in [2.75, 3.05) is 7.05 Å². The number of carbonyl (C=O) groups excluding carboxylic acids is 1. The van der Waals surface area contributed by atoms with Gasteiger partial charge in [0.05, 0.1) is 5.57 Å². The molecule has 14 heavy (non-hydrogen) atoms. The largest absolute Gasteiger partial charge is 0.375 e. The van der Waals surface area contributed by atoms with Gasteiger partial charge in [-0.3, -0.25) is 4.79 Å². The van der Waals surface area contributed by atoms with Gasteiger partial charge in [0.25, 0.3) is 5.91 Å². The molecule has 1 heterocycles. The van der Waals surface area contributed by atoms with Crippen molar-refractivity contribution in [3.05, 3.63) is 41.6 Å². The summed E-state index contributed by atoms with van der Waals surface area (Å²) in [6.45, 7) is 0.826. The van der Waals surface area contributed by atoms with Gasteiger partial charge < -0.3 is 10.6 Å². The number of amides is 1. The molecule has 0 aromatic heterocycles. The van der Waals surface area contributed by atoms with E-state index < -0.39 is 0 Å². The molecule has 0 saturated heterocycles. The molecular formula is C11H12N2O. The fourth-order valence-corrected chi connectivity index (χ4v) is 1.72. The SMILES string of the molecule is CN1C=C(C(N)=O)c2ccccc2C1. The maximum absolute atomic E-state index is 11.2. The first-order chi connectivity index (χ1) is 6.68. The normalized spacial score (nSPS) is 14.6. The van der Waals surface area contributed by atoms with Crippen molar-refractivity contribution in [1.82, 2.24) is 4.90 Å². The first kappa shape index (κ1) is 8.81. The zero-order valence-electron chi connectivity index (χ0n) is 8.03. The van der Waals surface area contributed by atoms with Gasteiger partial charge in [0.2, 0.25) is 0 Å². The van der Waals surface area contributed by atoms with Gasteiger partial charge in [0, 0.05) is 19.8 Å². The van der Waals surface area contributed by atoms with Crippen molar-refractivity contribution in [3.63, 3.8) is 0 Å². The molecule has 2 N–H and O–H groups in total. The Labute approximate surface area is 82.8 Å². The Bertz CT molecular complexity index is 410. The number of nitrogens with zero attached hydrogens (tertiary/aromatic N) is 1. The van der Waals surface area contributed by atoms with Crippen LogP contribution in [-0.4, -0.2) is 17.9 Å². The molecule has 72 valence electrons. The van der Waals surface area contributed by atoms with Crippen molar-refractivity contribution in [2.45, 2.75) is 6.54 Å². The van der Waals surface area contributed by atoms with Gasteiger partial charge in [0.1, 0.15) is 0 Å². The summed E-state index contributed by atoms with van der Waals surface area (Å²) in [5.74, 6) is -0.371. The summed E-state index contributed by atoms with van der Waals surface area (Å²) in [7, 11) is 1.93. The Morgan fingerprint density at radius 3 is 2.86 bits per heavy atom. The van der Waals surface area contributed by atoms with Crippen molar-refractivity contribution in [3.8, 4) is 0 Å². The van der Waals surface area contributed by atoms with Gasteiger partial charge in [0.15, 0.2) is 0 Å². The minimum atomic E-state index is -0.371. The van der Waals surface area contributed by atoms with E-state index in [-0.39, 0.29) is 5.91 Å². The van der Waals surface area contributed by atoms with E-state index in [4.69, 9.17) is 5.73 Å². The van der Waals surface area contributed by atoms with Gasteiger partial charge >= 0.3 is 0 Å². The van der Waals surface area contributed by atoms with Crippen LogP contribution in [0.5, 0.6) is 0 Å². The lowest BCUT2D eigenvalue weighted by atomic mass is 9.97. The molecule has 1 aliphatic heterocycles. The monoisotopic (exact) mass is 188 g/mol. The Kier molecular flexibility index (Phi) is 2.00. The average molecular weight is 188 g/mol. The summed E-state index contributed by atoms with van der Waals surface area (Å²) in [4.78, 5) is 13.2. The van der Waals surface area contributed by atoms with Crippen molar-refractivity contribution >= 4 is 11.5 Å². The number of nitrogens with two attached hydrogens (primary N) is 1. The highest BCUT2D eigenvalue weighted by molar-refractivity contribution is 6.19. The van der Waals surface area contributed by atoms with E-state index in [1.54, 1.807) is 6.20 Å². The lowest BCUT2D eigenvalue weighted by Gasteiger charge is -2.23. The van der Waals surface area contributed by atoms with E-state index >= 15 is 0 Å². The molecule has 1 aromatic rings. The minimum absolute atomic E-state index is 0.371. The third kappa shape index (κ3) is 1.37. The second-order valence-corrected chi connectivity index (χ2v) is 3.48. The van der Waals surface area contributed by atoms with E-state index in [2.05, 4.69) is 0 Å². The molecule has 0 radical (unpaired) electrons. The third-order valence-corrected chi connectivity index (χ3v) is 2.34. The highest BCUT2D eigenvalue weighted by Gasteiger charge is 2.17. The number of fused-ring (bicyclic) bond motifs is 1. The zero-order valence-corrected chi connectivity index (χ0v) is 8.03. The molecule has 1 aliphatic rings. The fourth-order valence-electron chi connectivity index (χ4n) is 1.72.